The van der Waals surface area contributed by atoms with Crippen LogP contribution in [0.25, 0.3) is 17.0 Å². The van der Waals surface area contributed by atoms with Crippen LogP contribution in [0.2, 0.25) is 5.15 Å². The lowest BCUT2D eigenvalue weighted by Crippen LogP contribution is -1.91. The van der Waals surface area contributed by atoms with Crippen molar-refractivity contribution in [3.8, 4) is 17.1 Å². The summed E-state index contributed by atoms with van der Waals surface area (Å²) in [5.41, 5.74) is 1.63. The molecule has 0 aliphatic heterocycles. The van der Waals surface area contributed by atoms with Crippen molar-refractivity contribution in [2.45, 2.75) is 0 Å². The molecule has 0 spiro atoms. The van der Waals surface area contributed by atoms with E-state index in [0.717, 1.165) is 17.0 Å². The van der Waals surface area contributed by atoms with Crippen LogP contribution in [0.1, 0.15) is 0 Å². The van der Waals surface area contributed by atoms with E-state index in [9.17, 15) is 0 Å². The van der Waals surface area contributed by atoms with E-state index in [0.29, 0.717) is 11.0 Å². The summed E-state index contributed by atoms with van der Waals surface area (Å²) in [4.78, 5) is 0. The standard InChI is InChI=1S/C13H10ClN3O/c1-18-10-5-2-4-9(8-10)13-16-15-12-7-3-6-11(14)17(12)13/h2-8H,1H3. The summed E-state index contributed by atoms with van der Waals surface area (Å²) >= 11 is 6.18. The van der Waals surface area contributed by atoms with E-state index in [1.165, 1.54) is 0 Å². The van der Waals surface area contributed by atoms with Gasteiger partial charge in [-0.2, -0.15) is 0 Å². The summed E-state index contributed by atoms with van der Waals surface area (Å²) in [5, 5.41) is 8.85. The second kappa shape index (κ2) is 4.31. The number of ether oxygens (including phenoxy) is 1. The van der Waals surface area contributed by atoms with Crippen LogP contribution in [0.15, 0.2) is 42.5 Å². The molecule has 0 fully saturated rings. The molecular formula is C13H10ClN3O. The van der Waals surface area contributed by atoms with Gasteiger partial charge in [0, 0.05) is 5.56 Å². The Hall–Kier alpha value is -2.07. The zero-order valence-electron chi connectivity index (χ0n) is 9.67. The second-order valence-corrected chi connectivity index (χ2v) is 4.18. The smallest absolute Gasteiger partial charge is 0.169 e. The minimum Gasteiger partial charge on any atom is -0.497 e. The minimum atomic E-state index is 0.579. The van der Waals surface area contributed by atoms with Gasteiger partial charge in [-0.05, 0) is 24.3 Å². The van der Waals surface area contributed by atoms with Gasteiger partial charge in [-0.3, -0.25) is 4.40 Å². The number of hydrogen-bond donors (Lipinski definition) is 0. The summed E-state index contributed by atoms with van der Waals surface area (Å²) < 4.78 is 7.01. The average Bonchev–Trinajstić information content (AvgIpc) is 2.84. The first kappa shape index (κ1) is 11.0. The predicted octanol–water partition coefficient (Wildman–Crippen LogP) is 3.06. The van der Waals surface area contributed by atoms with Crippen LogP contribution in [0, 0.1) is 0 Å². The number of halogens is 1. The maximum Gasteiger partial charge on any atom is 0.169 e. The Bertz CT molecular complexity index is 708. The molecule has 3 rings (SSSR count). The topological polar surface area (TPSA) is 39.4 Å². The quantitative estimate of drug-likeness (QED) is 0.664. The van der Waals surface area contributed by atoms with Crippen molar-refractivity contribution in [1.82, 2.24) is 14.6 Å². The molecule has 0 atom stereocenters. The molecule has 0 bridgehead atoms. The Kier molecular flexibility index (Phi) is 2.64. The summed E-state index contributed by atoms with van der Waals surface area (Å²) in [7, 11) is 1.63. The van der Waals surface area contributed by atoms with Gasteiger partial charge < -0.3 is 4.74 Å². The minimum absolute atomic E-state index is 0.579. The number of methoxy groups -OCH3 is 1. The van der Waals surface area contributed by atoms with Crippen molar-refractivity contribution in [3.63, 3.8) is 0 Å². The van der Waals surface area contributed by atoms with Gasteiger partial charge >= 0.3 is 0 Å². The van der Waals surface area contributed by atoms with Crippen LogP contribution in [0.5, 0.6) is 5.75 Å². The molecule has 0 amide bonds. The number of benzene rings is 1. The number of pyridine rings is 1. The first-order valence-corrected chi connectivity index (χ1v) is 5.81. The van der Waals surface area contributed by atoms with Crippen LogP contribution in [0.4, 0.5) is 0 Å². The van der Waals surface area contributed by atoms with E-state index in [2.05, 4.69) is 10.2 Å². The van der Waals surface area contributed by atoms with Crippen LogP contribution in [-0.2, 0) is 0 Å². The molecule has 0 radical (unpaired) electrons. The molecule has 0 saturated carbocycles. The zero-order valence-corrected chi connectivity index (χ0v) is 10.4. The Morgan fingerprint density at radius 3 is 2.78 bits per heavy atom. The van der Waals surface area contributed by atoms with Gasteiger partial charge in [0.05, 0.1) is 7.11 Å². The Labute approximate surface area is 109 Å². The SMILES string of the molecule is COc1cccc(-c2nnc3cccc(Cl)n23)c1. The molecule has 1 aromatic carbocycles. The Morgan fingerprint density at radius 2 is 1.94 bits per heavy atom. The molecule has 0 N–H and O–H groups in total. The van der Waals surface area contributed by atoms with Crippen LogP contribution in [-0.4, -0.2) is 21.7 Å². The first-order chi connectivity index (χ1) is 8.79. The van der Waals surface area contributed by atoms with Crippen molar-refractivity contribution in [3.05, 3.63) is 47.6 Å². The number of nitrogens with zero attached hydrogens (tertiary/aromatic N) is 3. The third-order valence-corrected chi connectivity index (χ3v) is 3.00. The highest BCUT2D eigenvalue weighted by atomic mass is 35.5. The highest BCUT2D eigenvalue weighted by Gasteiger charge is 2.10. The van der Waals surface area contributed by atoms with Crippen LogP contribution in [0.3, 0.4) is 0 Å². The highest BCUT2D eigenvalue weighted by Crippen LogP contribution is 2.25. The molecule has 90 valence electrons. The van der Waals surface area contributed by atoms with E-state index >= 15 is 0 Å². The number of fused-ring (bicyclic) bond motifs is 1. The number of aromatic nitrogens is 3. The molecule has 3 aromatic rings. The maximum atomic E-state index is 6.18. The Morgan fingerprint density at radius 1 is 1.11 bits per heavy atom. The molecule has 0 unspecified atom stereocenters. The van der Waals surface area contributed by atoms with Crippen molar-refractivity contribution in [2.24, 2.45) is 0 Å². The Balaban J connectivity index is 2.25. The fourth-order valence-electron chi connectivity index (χ4n) is 1.85. The third-order valence-electron chi connectivity index (χ3n) is 2.71. The fourth-order valence-corrected chi connectivity index (χ4v) is 2.09. The molecule has 2 aromatic heterocycles. The summed E-state index contributed by atoms with van der Waals surface area (Å²) in [6.07, 6.45) is 0. The first-order valence-electron chi connectivity index (χ1n) is 5.43. The summed E-state index contributed by atoms with van der Waals surface area (Å²) in [6, 6.07) is 13.2. The molecule has 5 heteroatoms. The van der Waals surface area contributed by atoms with E-state index < -0.39 is 0 Å². The summed E-state index contributed by atoms with van der Waals surface area (Å²) in [6.45, 7) is 0. The van der Waals surface area contributed by atoms with Gasteiger partial charge in [0.25, 0.3) is 0 Å². The predicted molar refractivity (Wildman–Crippen MR) is 70.0 cm³/mol. The summed E-state index contributed by atoms with van der Waals surface area (Å²) in [5.74, 6) is 1.48. The lowest BCUT2D eigenvalue weighted by Gasteiger charge is -2.04. The van der Waals surface area contributed by atoms with E-state index in [1.807, 2.05) is 42.5 Å². The molecule has 0 aliphatic carbocycles. The average molecular weight is 260 g/mol. The maximum absolute atomic E-state index is 6.18. The van der Waals surface area contributed by atoms with Gasteiger partial charge in [-0.15, -0.1) is 10.2 Å². The largest absolute Gasteiger partial charge is 0.497 e. The van der Waals surface area contributed by atoms with Crippen molar-refractivity contribution < 1.29 is 4.74 Å². The second-order valence-electron chi connectivity index (χ2n) is 3.80. The van der Waals surface area contributed by atoms with Crippen LogP contribution < -0.4 is 4.74 Å². The molecule has 2 heterocycles. The fraction of sp³-hybridized carbons (Fsp3) is 0.0769. The van der Waals surface area contributed by atoms with Crippen molar-refractivity contribution in [2.75, 3.05) is 7.11 Å². The van der Waals surface area contributed by atoms with E-state index in [-0.39, 0.29) is 0 Å². The molecule has 4 nitrogen and oxygen atoms in total. The third kappa shape index (κ3) is 1.71. The normalized spacial score (nSPS) is 10.8. The van der Waals surface area contributed by atoms with E-state index in [4.69, 9.17) is 16.3 Å². The van der Waals surface area contributed by atoms with Gasteiger partial charge in [0.2, 0.25) is 0 Å². The monoisotopic (exact) mass is 259 g/mol. The van der Waals surface area contributed by atoms with Crippen LogP contribution >= 0.6 is 11.6 Å². The molecule has 18 heavy (non-hydrogen) atoms. The van der Waals surface area contributed by atoms with Gasteiger partial charge in [-0.1, -0.05) is 29.8 Å². The van der Waals surface area contributed by atoms with Gasteiger partial charge in [-0.25, -0.2) is 0 Å². The van der Waals surface area contributed by atoms with E-state index in [1.54, 1.807) is 11.5 Å². The van der Waals surface area contributed by atoms with Crippen molar-refractivity contribution >= 4 is 17.2 Å². The van der Waals surface area contributed by atoms with Gasteiger partial charge in [0.1, 0.15) is 10.9 Å². The molecule has 0 aliphatic rings. The van der Waals surface area contributed by atoms with Gasteiger partial charge in [0.15, 0.2) is 11.5 Å². The molecular weight excluding hydrogens is 250 g/mol. The zero-order chi connectivity index (χ0) is 12.5. The number of rotatable bonds is 2. The lowest BCUT2D eigenvalue weighted by atomic mass is 10.2. The highest BCUT2D eigenvalue weighted by molar-refractivity contribution is 6.29. The number of hydrogen-bond acceptors (Lipinski definition) is 3. The lowest BCUT2D eigenvalue weighted by molar-refractivity contribution is 0.415. The van der Waals surface area contributed by atoms with Crippen molar-refractivity contribution in [1.29, 1.82) is 0 Å². The molecule has 0 saturated heterocycles.